The summed E-state index contributed by atoms with van der Waals surface area (Å²) in [5, 5.41) is 10.6. The number of hydrogen-bond acceptors (Lipinski definition) is 3. The Morgan fingerprint density at radius 3 is 2.96 bits per heavy atom. The molecule has 0 aliphatic carbocycles. The van der Waals surface area contributed by atoms with Gasteiger partial charge in [0.2, 0.25) is 0 Å². The summed E-state index contributed by atoms with van der Waals surface area (Å²) in [6, 6.07) is 15.9. The molecule has 1 aliphatic heterocycles. The molecule has 1 amide bonds. The van der Waals surface area contributed by atoms with Crippen LogP contribution in [0, 0.1) is 0 Å². The van der Waals surface area contributed by atoms with Crippen molar-refractivity contribution in [1.82, 2.24) is 9.78 Å². The number of hydrogen-bond donors (Lipinski definition) is 2. The van der Waals surface area contributed by atoms with Gasteiger partial charge < -0.3 is 10.6 Å². The number of amides is 1. The van der Waals surface area contributed by atoms with Gasteiger partial charge in [0.1, 0.15) is 0 Å². The second kappa shape index (κ2) is 6.81. The van der Waals surface area contributed by atoms with Gasteiger partial charge in [-0.1, -0.05) is 30.3 Å². The molecule has 0 radical (unpaired) electrons. The standard InChI is InChI=1S/C20H20N4O/c25-20(17-8-9-19-16(11-17)7-4-10-21-19)23-18-12-22-24(14-18)13-15-5-2-1-3-6-15/h1-3,5-6,8-9,11-12,14,21H,4,7,10,13H2,(H,23,25). The van der Waals surface area contributed by atoms with Crippen LogP contribution in [0.1, 0.15) is 27.9 Å². The van der Waals surface area contributed by atoms with Crippen LogP contribution in [0.3, 0.4) is 0 Å². The first-order chi connectivity index (χ1) is 12.3. The Kier molecular flexibility index (Phi) is 4.21. The fourth-order valence-electron chi connectivity index (χ4n) is 3.10. The highest BCUT2D eigenvalue weighted by Crippen LogP contribution is 2.23. The molecule has 5 heteroatoms. The summed E-state index contributed by atoms with van der Waals surface area (Å²) in [4.78, 5) is 12.5. The van der Waals surface area contributed by atoms with E-state index in [0.29, 0.717) is 17.8 Å². The molecular weight excluding hydrogens is 312 g/mol. The Morgan fingerprint density at radius 1 is 1.20 bits per heavy atom. The van der Waals surface area contributed by atoms with Crippen molar-refractivity contribution in [3.63, 3.8) is 0 Å². The van der Waals surface area contributed by atoms with Crippen LogP contribution in [0.4, 0.5) is 11.4 Å². The molecule has 0 saturated heterocycles. The SMILES string of the molecule is O=C(Nc1cnn(Cc2ccccc2)c1)c1ccc2c(c1)CCCN2. The first-order valence-corrected chi connectivity index (χ1v) is 8.52. The molecule has 5 nitrogen and oxygen atoms in total. The van der Waals surface area contributed by atoms with Gasteiger partial charge in [-0.15, -0.1) is 0 Å². The maximum atomic E-state index is 12.5. The molecule has 0 saturated carbocycles. The molecule has 2 heterocycles. The molecular formula is C20H20N4O. The van der Waals surface area contributed by atoms with Crippen LogP contribution in [0.2, 0.25) is 0 Å². The van der Waals surface area contributed by atoms with E-state index >= 15 is 0 Å². The molecule has 2 N–H and O–H groups in total. The average Bonchev–Trinajstić information content (AvgIpc) is 3.09. The topological polar surface area (TPSA) is 59.0 Å². The largest absolute Gasteiger partial charge is 0.385 e. The van der Waals surface area contributed by atoms with Crippen molar-refractivity contribution >= 4 is 17.3 Å². The number of aryl methyl sites for hydroxylation is 1. The Morgan fingerprint density at radius 2 is 2.08 bits per heavy atom. The fraction of sp³-hybridized carbons (Fsp3) is 0.200. The van der Waals surface area contributed by atoms with Crippen LogP contribution >= 0.6 is 0 Å². The van der Waals surface area contributed by atoms with Crippen molar-refractivity contribution in [2.45, 2.75) is 19.4 Å². The van der Waals surface area contributed by atoms with E-state index < -0.39 is 0 Å². The van der Waals surface area contributed by atoms with Crippen molar-refractivity contribution in [3.05, 3.63) is 77.6 Å². The maximum absolute atomic E-state index is 12.5. The van der Waals surface area contributed by atoms with Crippen molar-refractivity contribution in [1.29, 1.82) is 0 Å². The average molecular weight is 332 g/mol. The molecule has 126 valence electrons. The molecule has 0 spiro atoms. The van der Waals surface area contributed by atoms with Crippen molar-refractivity contribution < 1.29 is 4.79 Å². The second-order valence-electron chi connectivity index (χ2n) is 6.27. The van der Waals surface area contributed by atoms with Crippen LogP contribution in [-0.4, -0.2) is 22.2 Å². The Balaban J connectivity index is 1.44. The lowest BCUT2D eigenvalue weighted by molar-refractivity contribution is 0.102. The number of carbonyl (C=O) groups is 1. The molecule has 0 bridgehead atoms. The van der Waals surface area contributed by atoms with Crippen LogP contribution in [0.5, 0.6) is 0 Å². The minimum Gasteiger partial charge on any atom is -0.385 e. The molecule has 25 heavy (non-hydrogen) atoms. The highest BCUT2D eigenvalue weighted by atomic mass is 16.1. The zero-order valence-corrected chi connectivity index (χ0v) is 13.9. The third-order valence-electron chi connectivity index (χ3n) is 4.38. The van der Waals surface area contributed by atoms with Gasteiger partial charge in [-0.25, -0.2) is 0 Å². The quantitative estimate of drug-likeness (QED) is 0.768. The summed E-state index contributed by atoms with van der Waals surface area (Å²) in [5.41, 5.74) is 4.90. The Labute approximate surface area is 146 Å². The minimum absolute atomic E-state index is 0.104. The van der Waals surface area contributed by atoms with Gasteiger partial charge in [-0.05, 0) is 42.2 Å². The van der Waals surface area contributed by atoms with Crippen molar-refractivity contribution in [2.75, 3.05) is 17.2 Å². The van der Waals surface area contributed by atoms with E-state index in [-0.39, 0.29) is 5.91 Å². The lowest BCUT2D eigenvalue weighted by atomic mass is 10.0. The van der Waals surface area contributed by atoms with Gasteiger partial charge in [0.25, 0.3) is 5.91 Å². The summed E-state index contributed by atoms with van der Waals surface area (Å²) in [7, 11) is 0. The predicted octanol–water partition coefficient (Wildman–Crippen LogP) is 3.54. The normalized spacial score (nSPS) is 13.0. The first kappa shape index (κ1) is 15.4. The minimum atomic E-state index is -0.104. The van der Waals surface area contributed by atoms with Gasteiger partial charge >= 0.3 is 0 Å². The zero-order chi connectivity index (χ0) is 17.1. The number of carbonyl (C=O) groups excluding carboxylic acids is 1. The summed E-state index contributed by atoms with van der Waals surface area (Å²) in [6.45, 7) is 1.68. The number of anilines is 2. The molecule has 2 aromatic carbocycles. The molecule has 1 aromatic heterocycles. The number of fused-ring (bicyclic) bond motifs is 1. The molecule has 0 unspecified atom stereocenters. The highest BCUT2D eigenvalue weighted by molar-refractivity contribution is 6.04. The number of aromatic nitrogens is 2. The van der Waals surface area contributed by atoms with Crippen molar-refractivity contribution in [2.24, 2.45) is 0 Å². The predicted molar refractivity (Wildman–Crippen MR) is 99.0 cm³/mol. The zero-order valence-electron chi connectivity index (χ0n) is 13.9. The number of nitrogens with zero attached hydrogens (tertiary/aromatic N) is 2. The smallest absolute Gasteiger partial charge is 0.255 e. The fourth-order valence-corrected chi connectivity index (χ4v) is 3.10. The van der Waals surface area contributed by atoms with Crippen LogP contribution in [0.25, 0.3) is 0 Å². The van der Waals surface area contributed by atoms with E-state index in [0.717, 1.165) is 25.1 Å². The van der Waals surface area contributed by atoms with Crippen LogP contribution < -0.4 is 10.6 Å². The van der Waals surface area contributed by atoms with E-state index in [1.54, 1.807) is 6.20 Å². The monoisotopic (exact) mass is 332 g/mol. The van der Waals surface area contributed by atoms with E-state index in [1.165, 1.54) is 11.1 Å². The van der Waals surface area contributed by atoms with Gasteiger partial charge in [-0.2, -0.15) is 5.10 Å². The molecule has 1 aliphatic rings. The van der Waals surface area contributed by atoms with E-state index in [9.17, 15) is 4.79 Å². The molecule has 4 rings (SSSR count). The summed E-state index contributed by atoms with van der Waals surface area (Å²) in [5.74, 6) is -0.104. The lowest BCUT2D eigenvalue weighted by Gasteiger charge is -2.18. The van der Waals surface area contributed by atoms with E-state index in [2.05, 4.69) is 27.9 Å². The van der Waals surface area contributed by atoms with Crippen LogP contribution in [-0.2, 0) is 13.0 Å². The summed E-state index contributed by atoms with van der Waals surface area (Å²) < 4.78 is 1.82. The first-order valence-electron chi connectivity index (χ1n) is 8.52. The third-order valence-corrected chi connectivity index (χ3v) is 4.38. The van der Waals surface area contributed by atoms with Gasteiger partial charge in [0.05, 0.1) is 18.4 Å². The number of rotatable bonds is 4. The van der Waals surface area contributed by atoms with E-state index in [1.807, 2.05) is 47.3 Å². The third kappa shape index (κ3) is 3.55. The Hall–Kier alpha value is -3.08. The van der Waals surface area contributed by atoms with Gasteiger partial charge in [0.15, 0.2) is 0 Å². The van der Waals surface area contributed by atoms with E-state index in [4.69, 9.17) is 0 Å². The number of nitrogens with one attached hydrogen (secondary N) is 2. The molecule has 0 atom stereocenters. The van der Waals surface area contributed by atoms with Gasteiger partial charge in [0, 0.05) is 24.0 Å². The van der Waals surface area contributed by atoms with Gasteiger partial charge in [-0.3, -0.25) is 9.48 Å². The molecule has 0 fully saturated rings. The maximum Gasteiger partial charge on any atom is 0.255 e. The Bertz CT molecular complexity index is 886. The lowest BCUT2D eigenvalue weighted by Crippen LogP contribution is -2.15. The van der Waals surface area contributed by atoms with Crippen LogP contribution in [0.15, 0.2) is 60.9 Å². The second-order valence-corrected chi connectivity index (χ2v) is 6.27. The van der Waals surface area contributed by atoms with Crippen molar-refractivity contribution in [3.8, 4) is 0 Å². The molecule has 3 aromatic rings. The highest BCUT2D eigenvalue weighted by Gasteiger charge is 2.13. The number of benzene rings is 2. The summed E-state index contributed by atoms with van der Waals surface area (Å²) >= 11 is 0. The summed E-state index contributed by atoms with van der Waals surface area (Å²) in [6.07, 6.45) is 5.65.